The van der Waals surface area contributed by atoms with Crippen molar-refractivity contribution in [2.75, 3.05) is 13.2 Å². The van der Waals surface area contributed by atoms with Crippen molar-refractivity contribution in [1.82, 2.24) is 19.9 Å². The maximum atomic E-state index is 10.9. The number of aromatic nitrogens is 3. The molecule has 0 fully saturated rings. The number of para-hydroxylation sites is 1. The molecule has 3 rings (SSSR count). The highest BCUT2D eigenvalue weighted by atomic mass is 16.5. The Bertz CT molecular complexity index is 914. The number of imidazole rings is 1. The molecule has 3 aromatic rings. The summed E-state index contributed by atoms with van der Waals surface area (Å²) in [7, 11) is 0. The van der Waals surface area contributed by atoms with Crippen LogP contribution in [0.3, 0.4) is 0 Å². The summed E-state index contributed by atoms with van der Waals surface area (Å²) in [6, 6.07) is 7.72. The number of nitrogens with one attached hydrogen (secondary N) is 1. The Hall–Kier alpha value is -3.09. The predicted molar refractivity (Wildman–Crippen MR) is 102 cm³/mol. The summed E-state index contributed by atoms with van der Waals surface area (Å²) in [6.45, 7) is 7.09. The van der Waals surface area contributed by atoms with Gasteiger partial charge in [0, 0.05) is 26.1 Å². The summed E-state index contributed by atoms with van der Waals surface area (Å²) in [4.78, 5) is 20.0. The van der Waals surface area contributed by atoms with Gasteiger partial charge in [-0.15, -0.1) is 0 Å². The van der Waals surface area contributed by atoms with E-state index in [2.05, 4.69) is 15.3 Å². The van der Waals surface area contributed by atoms with Crippen LogP contribution in [0.5, 0.6) is 5.75 Å². The van der Waals surface area contributed by atoms with Gasteiger partial charge in [0.1, 0.15) is 17.2 Å². The van der Waals surface area contributed by atoms with Gasteiger partial charge in [0.05, 0.1) is 30.7 Å². The van der Waals surface area contributed by atoms with Crippen molar-refractivity contribution in [3.8, 4) is 17.2 Å². The molecule has 1 N–H and O–H groups in total. The lowest BCUT2D eigenvalue weighted by Crippen LogP contribution is -2.22. The van der Waals surface area contributed by atoms with Gasteiger partial charge in [-0.25, -0.2) is 9.97 Å². The number of aryl methyl sites for hydroxylation is 1. The summed E-state index contributed by atoms with van der Waals surface area (Å²) in [6.07, 6.45) is 4.42. The van der Waals surface area contributed by atoms with E-state index in [-0.39, 0.29) is 5.91 Å². The Morgan fingerprint density at radius 2 is 2.15 bits per heavy atom. The second-order valence-corrected chi connectivity index (χ2v) is 6.22. The lowest BCUT2D eigenvalue weighted by Gasteiger charge is -2.06. The highest BCUT2D eigenvalue weighted by molar-refractivity contribution is 5.72. The van der Waals surface area contributed by atoms with Crippen LogP contribution in [0.25, 0.3) is 11.5 Å². The van der Waals surface area contributed by atoms with Crippen LogP contribution in [0, 0.1) is 6.92 Å². The van der Waals surface area contributed by atoms with Crippen LogP contribution in [0.15, 0.2) is 41.2 Å². The Morgan fingerprint density at radius 3 is 2.93 bits per heavy atom. The van der Waals surface area contributed by atoms with E-state index in [1.54, 1.807) is 6.33 Å². The third kappa shape index (κ3) is 4.75. The molecule has 2 heterocycles. The standard InChI is InChI=1S/C20H24N4O3/c1-4-26-19-8-6-5-7-17(19)20-23-18(14(2)27-20)12-24-11-16(22-13-24)9-10-21-15(3)25/h5-8,11,13H,4,9-10,12H2,1-3H3,(H,21,25). The molecule has 2 aromatic heterocycles. The minimum Gasteiger partial charge on any atom is -0.493 e. The van der Waals surface area contributed by atoms with Gasteiger partial charge in [-0.1, -0.05) is 12.1 Å². The largest absolute Gasteiger partial charge is 0.493 e. The van der Waals surface area contributed by atoms with Crippen LogP contribution in [0.2, 0.25) is 0 Å². The highest BCUT2D eigenvalue weighted by Crippen LogP contribution is 2.30. The van der Waals surface area contributed by atoms with Gasteiger partial charge in [0.25, 0.3) is 0 Å². The Balaban J connectivity index is 1.72. The molecule has 27 heavy (non-hydrogen) atoms. The van der Waals surface area contributed by atoms with Crippen molar-refractivity contribution in [3.05, 3.63) is 53.9 Å². The molecule has 142 valence electrons. The summed E-state index contributed by atoms with van der Waals surface area (Å²) in [5.41, 5.74) is 2.62. The van der Waals surface area contributed by atoms with Gasteiger partial charge in [-0.2, -0.15) is 0 Å². The van der Waals surface area contributed by atoms with Gasteiger partial charge in [0.2, 0.25) is 11.8 Å². The van der Waals surface area contributed by atoms with Crippen LogP contribution in [-0.2, 0) is 17.8 Å². The summed E-state index contributed by atoms with van der Waals surface area (Å²) in [5, 5.41) is 2.77. The van der Waals surface area contributed by atoms with Crippen molar-refractivity contribution in [2.45, 2.75) is 33.7 Å². The van der Waals surface area contributed by atoms with Gasteiger partial charge in [-0.05, 0) is 26.0 Å². The number of carbonyl (C=O) groups excluding carboxylic acids is 1. The van der Waals surface area contributed by atoms with Crippen molar-refractivity contribution >= 4 is 5.91 Å². The Labute approximate surface area is 158 Å². The van der Waals surface area contributed by atoms with E-state index < -0.39 is 0 Å². The minimum absolute atomic E-state index is 0.0347. The zero-order valence-corrected chi connectivity index (χ0v) is 15.9. The third-order valence-electron chi connectivity index (χ3n) is 4.08. The first-order valence-electron chi connectivity index (χ1n) is 9.00. The normalized spacial score (nSPS) is 10.8. The molecule has 0 aliphatic heterocycles. The second kappa shape index (κ2) is 8.53. The third-order valence-corrected chi connectivity index (χ3v) is 4.08. The van der Waals surface area contributed by atoms with Crippen molar-refractivity contribution < 1.29 is 13.9 Å². The fraction of sp³-hybridized carbons (Fsp3) is 0.350. The molecule has 0 saturated heterocycles. The molecule has 0 saturated carbocycles. The average Bonchev–Trinajstić information content (AvgIpc) is 3.23. The fourth-order valence-electron chi connectivity index (χ4n) is 2.78. The molecule has 0 aliphatic carbocycles. The van der Waals surface area contributed by atoms with E-state index in [9.17, 15) is 4.79 Å². The number of amides is 1. The number of hydrogen-bond acceptors (Lipinski definition) is 5. The highest BCUT2D eigenvalue weighted by Gasteiger charge is 2.15. The topological polar surface area (TPSA) is 82.2 Å². The van der Waals surface area contributed by atoms with E-state index in [1.807, 2.05) is 48.9 Å². The Morgan fingerprint density at radius 1 is 1.33 bits per heavy atom. The van der Waals surface area contributed by atoms with Crippen LogP contribution in [0.1, 0.15) is 31.0 Å². The molecule has 1 amide bonds. The molecular weight excluding hydrogens is 344 g/mol. The van der Waals surface area contributed by atoms with Gasteiger partial charge in [-0.3, -0.25) is 4.79 Å². The van der Waals surface area contributed by atoms with Gasteiger partial charge < -0.3 is 19.0 Å². The first kappa shape index (κ1) is 18.7. The molecule has 0 atom stereocenters. The molecule has 0 bridgehead atoms. The smallest absolute Gasteiger partial charge is 0.230 e. The van der Waals surface area contributed by atoms with Crippen molar-refractivity contribution in [3.63, 3.8) is 0 Å². The van der Waals surface area contributed by atoms with Gasteiger partial charge >= 0.3 is 0 Å². The number of benzene rings is 1. The molecule has 0 aliphatic rings. The number of rotatable bonds is 8. The SMILES string of the molecule is CCOc1ccccc1-c1nc(Cn2cnc(CCNC(C)=O)c2)c(C)o1. The van der Waals surface area contributed by atoms with Crippen LogP contribution in [0.4, 0.5) is 0 Å². The van der Waals surface area contributed by atoms with E-state index in [1.165, 1.54) is 6.92 Å². The van der Waals surface area contributed by atoms with Crippen LogP contribution < -0.4 is 10.1 Å². The van der Waals surface area contributed by atoms with Crippen molar-refractivity contribution in [2.24, 2.45) is 0 Å². The lowest BCUT2D eigenvalue weighted by atomic mass is 10.2. The summed E-state index contributed by atoms with van der Waals surface area (Å²) >= 11 is 0. The quantitative estimate of drug-likeness (QED) is 0.661. The fourth-order valence-corrected chi connectivity index (χ4v) is 2.78. The van der Waals surface area contributed by atoms with Gasteiger partial charge in [0.15, 0.2) is 0 Å². The monoisotopic (exact) mass is 368 g/mol. The zero-order chi connectivity index (χ0) is 19.2. The van der Waals surface area contributed by atoms with Crippen LogP contribution in [-0.4, -0.2) is 33.6 Å². The zero-order valence-electron chi connectivity index (χ0n) is 15.9. The summed E-state index contributed by atoms with van der Waals surface area (Å²) in [5.74, 6) is 2.05. The first-order chi connectivity index (χ1) is 13.1. The number of ether oxygens (including phenoxy) is 1. The van der Waals surface area contributed by atoms with E-state index >= 15 is 0 Å². The lowest BCUT2D eigenvalue weighted by molar-refractivity contribution is -0.118. The average molecular weight is 368 g/mol. The first-order valence-corrected chi connectivity index (χ1v) is 9.00. The number of carbonyl (C=O) groups is 1. The van der Waals surface area contributed by atoms with Crippen molar-refractivity contribution in [1.29, 1.82) is 0 Å². The summed E-state index contributed by atoms with van der Waals surface area (Å²) < 4.78 is 13.5. The maximum absolute atomic E-state index is 10.9. The number of nitrogens with zero attached hydrogens (tertiary/aromatic N) is 3. The molecule has 0 spiro atoms. The maximum Gasteiger partial charge on any atom is 0.230 e. The molecular formula is C20H24N4O3. The molecule has 0 radical (unpaired) electrons. The minimum atomic E-state index is -0.0347. The van der Waals surface area contributed by atoms with E-state index in [0.29, 0.717) is 32.0 Å². The molecule has 7 nitrogen and oxygen atoms in total. The molecule has 1 aromatic carbocycles. The molecule has 7 heteroatoms. The van der Waals surface area contributed by atoms with E-state index in [0.717, 1.165) is 28.5 Å². The predicted octanol–water partition coefficient (Wildman–Crippen LogP) is 2.97. The second-order valence-electron chi connectivity index (χ2n) is 6.22. The number of oxazole rings is 1. The molecule has 0 unspecified atom stereocenters. The van der Waals surface area contributed by atoms with Crippen LogP contribution >= 0.6 is 0 Å². The van der Waals surface area contributed by atoms with E-state index in [4.69, 9.17) is 9.15 Å². The Kier molecular flexibility index (Phi) is 5.90. The number of hydrogen-bond donors (Lipinski definition) is 1.